The van der Waals surface area contributed by atoms with Gasteiger partial charge in [-0.15, -0.1) is 0 Å². The Hall–Kier alpha value is -1.16. The minimum Gasteiger partial charge on any atom is -0.313 e. The first-order valence-electron chi connectivity index (χ1n) is 5.13. The highest BCUT2D eigenvalue weighted by molar-refractivity contribution is 5.13. The first-order valence-corrected chi connectivity index (χ1v) is 5.13. The monoisotopic (exact) mass is 191 g/mol. The van der Waals surface area contributed by atoms with Crippen molar-refractivity contribution in [2.24, 2.45) is 0 Å². The molecule has 4 heteroatoms. The maximum absolute atomic E-state index is 11.7. The molecule has 0 unspecified atom stereocenters. The molecule has 0 bridgehead atoms. The van der Waals surface area contributed by atoms with Crippen molar-refractivity contribution in [3.8, 4) is 0 Å². The van der Waals surface area contributed by atoms with E-state index in [2.05, 4.69) is 10.3 Å². The Morgan fingerprint density at radius 1 is 1.43 bits per heavy atom. The van der Waals surface area contributed by atoms with Gasteiger partial charge in [0.05, 0.1) is 18.1 Å². The van der Waals surface area contributed by atoms with Crippen molar-refractivity contribution in [1.29, 1.82) is 0 Å². The van der Waals surface area contributed by atoms with E-state index in [0.717, 1.165) is 18.8 Å². The van der Waals surface area contributed by atoms with Gasteiger partial charge in [-0.1, -0.05) is 0 Å². The summed E-state index contributed by atoms with van der Waals surface area (Å²) in [6.45, 7) is 1.79. The normalized spacial score (nSPS) is 22.0. The third-order valence-corrected chi connectivity index (χ3v) is 3.01. The van der Waals surface area contributed by atoms with Crippen LogP contribution in [0.1, 0.15) is 30.5 Å². The predicted octanol–water partition coefficient (Wildman–Crippen LogP) is 0.265. The van der Waals surface area contributed by atoms with Crippen LogP contribution in [0.25, 0.3) is 0 Å². The molecular weight excluding hydrogens is 178 g/mol. The molecule has 1 N–H and O–H groups in total. The van der Waals surface area contributed by atoms with Gasteiger partial charge in [-0.3, -0.25) is 9.36 Å². The summed E-state index contributed by atoms with van der Waals surface area (Å²) in [6, 6.07) is 2.03. The standard InChI is InChI=1S/C10H13N3O/c14-10-3-9(7-1-2-7)12-6-13(10)8-4-11-5-8/h3,6-8,11H,1-2,4-5H2. The van der Waals surface area contributed by atoms with Gasteiger partial charge < -0.3 is 5.32 Å². The Morgan fingerprint density at radius 2 is 2.21 bits per heavy atom. The van der Waals surface area contributed by atoms with E-state index in [4.69, 9.17) is 0 Å². The highest BCUT2D eigenvalue weighted by Crippen LogP contribution is 2.38. The number of hydrogen-bond acceptors (Lipinski definition) is 3. The number of rotatable bonds is 2. The van der Waals surface area contributed by atoms with Gasteiger partial charge in [0.2, 0.25) is 0 Å². The zero-order valence-corrected chi connectivity index (χ0v) is 7.94. The number of hydrogen-bond donors (Lipinski definition) is 1. The zero-order valence-electron chi connectivity index (χ0n) is 7.94. The van der Waals surface area contributed by atoms with Gasteiger partial charge in [0.25, 0.3) is 5.56 Å². The van der Waals surface area contributed by atoms with Crippen molar-refractivity contribution < 1.29 is 0 Å². The van der Waals surface area contributed by atoms with Crippen LogP contribution in [0.2, 0.25) is 0 Å². The third kappa shape index (κ3) is 1.26. The second-order valence-electron chi connectivity index (χ2n) is 4.15. The van der Waals surface area contributed by atoms with Crippen LogP contribution < -0.4 is 10.9 Å². The smallest absolute Gasteiger partial charge is 0.253 e. The fourth-order valence-corrected chi connectivity index (χ4v) is 1.77. The quantitative estimate of drug-likeness (QED) is 0.729. The van der Waals surface area contributed by atoms with Crippen LogP contribution in [-0.2, 0) is 0 Å². The first-order chi connectivity index (χ1) is 6.84. The maximum Gasteiger partial charge on any atom is 0.253 e. The Kier molecular flexibility index (Phi) is 1.70. The van der Waals surface area contributed by atoms with Crippen molar-refractivity contribution in [2.45, 2.75) is 24.8 Å². The van der Waals surface area contributed by atoms with E-state index < -0.39 is 0 Å². The van der Waals surface area contributed by atoms with Gasteiger partial charge in [0.15, 0.2) is 0 Å². The van der Waals surface area contributed by atoms with E-state index in [1.165, 1.54) is 12.8 Å². The minimum absolute atomic E-state index is 0.105. The molecule has 1 aliphatic carbocycles. The molecule has 0 amide bonds. The van der Waals surface area contributed by atoms with E-state index in [-0.39, 0.29) is 5.56 Å². The summed E-state index contributed by atoms with van der Waals surface area (Å²) in [5.74, 6) is 0.567. The van der Waals surface area contributed by atoms with E-state index >= 15 is 0 Å². The van der Waals surface area contributed by atoms with Gasteiger partial charge in [-0.25, -0.2) is 4.98 Å². The molecule has 1 saturated heterocycles. The largest absolute Gasteiger partial charge is 0.313 e. The van der Waals surface area contributed by atoms with E-state index in [0.29, 0.717) is 12.0 Å². The van der Waals surface area contributed by atoms with Crippen LogP contribution in [0.15, 0.2) is 17.2 Å². The molecule has 4 nitrogen and oxygen atoms in total. The average Bonchev–Trinajstić information content (AvgIpc) is 2.87. The van der Waals surface area contributed by atoms with Crippen molar-refractivity contribution in [3.05, 3.63) is 28.4 Å². The lowest BCUT2D eigenvalue weighted by molar-refractivity contribution is 0.332. The Labute approximate surface area is 82.0 Å². The molecule has 1 aromatic rings. The van der Waals surface area contributed by atoms with Gasteiger partial charge in [-0.05, 0) is 12.8 Å². The summed E-state index contributed by atoms with van der Waals surface area (Å²) in [5.41, 5.74) is 1.09. The SMILES string of the molecule is O=c1cc(C2CC2)ncn1C1CNC1. The van der Waals surface area contributed by atoms with Crippen LogP contribution in [0.5, 0.6) is 0 Å². The van der Waals surface area contributed by atoms with Crippen molar-refractivity contribution in [2.75, 3.05) is 13.1 Å². The average molecular weight is 191 g/mol. The highest BCUT2D eigenvalue weighted by atomic mass is 16.1. The van der Waals surface area contributed by atoms with Crippen LogP contribution in [-0.4, -0.2) is 22.6 Å². The lowest BCUT2D eigenvalue weighted by Crippen LogP contribution is -2.46. The van der Waals surface area contributed by atoms with Gasteiger partial charge in [-0.2, -0.15) is 0 Å². The van der Waals surface area contributed by atoms with E-state index in [1.807, 2.05) is 0 Å². The molecular formula is C10H13N3O. The lowest BCUT2D eigenvalue weighted by Gasteiger charge is -2.28. The third-order valence-electron chi connectivity index (χ3n) is 3.01. The highest BCUT2D eigenvalue weighted by Gasteiger charge is 2.26. The molecule has 3 rings (SSSR count). The second kappa shape index (κ2) is 2.92. The second-order valence-corrected chi connectivity index (χ2v) is 4.15. The van der Waals surface area contributed by atoms with Gasteiger partial charge in [0.1, 0.15) is 0 Å². The topological polar surface area (TPSA) is 46.9 Å². The van der Waals surface area contributed by atoms with Gasteiger partial charge >= 0.3 is 0 Å². The zero-order chi connectivity index (χ0) is 9.54. The summed E-state index contributed by atoms with van der Waals surface area (Å²) in [7, 11) is 0. The van der Waals surface area contributed by atoms with E-state index in [9.17, 15) is 4.79 Å². The molecule has 2 aliphatic rings. The molecule has 74 valence electrons. The molecule has 0 radical (unpaired) electrons. The Morgan fingerprint density at radius 3 is 2.71 bits per heavy atom. The molecule has 2 heterocycles. The van der Waals surface area contributed by atoms with Crippen molar-refractivity contribution in [3.63, 3.8) is 0 Å². The van der Waals surface area contributed by atoms with Gasteiger partial charge in [0, 0.05) is 25.1 Å². The van der Waals surface area contributed by atoms with Crippen LogP contribution in [0.4, 0.5) is 0 Å². The van der Waals surface area contributed by atoms with Crippen molar-refractivity contribution >= 4 is 0 Å². The fraction of sp³-hybridized carbons (Fsp3) is 0.600. The molecule has 2 fully saturated rings. The number of nitrogens with one attached hydrogen (secondary N) is 1. The van der Waals surface area contributed by atoms with Crippen LogP contribution in [0, 0.1) is 0 Å². The number of aromatic nitrogens is 2. The molecule has 0 spiro atoms. The summed E-state index contributed by atoms with van der Waals surface area (Å²) in [4.78, 5) is 16.0. The molecule has 1 saturated carbocycles. The molecule has 0 aromatic carbocycles. The molecule has 14 heavy (non-hydrogen) atoms. The molecule has 1 aromatic heterocycles. The first kappa shape index (κ1) is 8.17. The summed E-state index contributed by atoms with van der Waals surface area (Å²) < 4.78 is 1.74. The van der Waals surface area contributed by atoms with Crippen LogP contribution in [0.3, 0.4) is 0 Å². The molecule has 1 aliphatic heterocycles. The summed E-state index contributed by atoms with van der Waals surface area (Å²) in [6.07, 6.45) is 4.10. The predicted molar refractivity (Wildman–Crippen MR) is 52.4 cm³/mol. The van der Waals surface area contributed by atoms with Crippen LogP contribution >= 0.6 is 0 Å². The van der Waals surface area contributed by atoms with Crippen molar-refractivity contribution in [1.82, 2.24) is 14.9 Å². The lowest BCUT2D eigenvalue weighted by atomic mass is 10.2. The summed E-state index contributed by atoms with van der Waals surface area (Å²) in [5, 5.41) is 3.15. The summed E-state index contributed by atoms with van der Waals surface area (Å²) >= 11 is 0. The Bertz CT molecular complexity index is 404. The fourth-order valence-electron chi connectivity index (χ4n) is 1.77. The minimum atomic E-state index is 0.105. The van der Waals surface area contributed by atoms with E-state index in [1.54, 1.807) is 17.0 Å². The molecule has 0 atom stereocenters. The number of nitrogens with zero attached hydrogens (tertiary/aromatic N) is 2. The Balaban J connectivity index is 1.93. The maximum atomic E-state index is 11.7.